The number of nitrogens with zero attached hydrogens (tertiary/aromatic N) is 1. The van der Waals surface area contributed by atoms with Gasteiger partial charge in [-0.3, -0.25) is 9.89 Å². The van der Waals surface area contributed by atoms with E-state index in [1.165, 1.54) is 36.8 Å². The molecule has 1 amide bonds. The van der Waals surface area contributed by atoms with Crippen molar-refractivity contribution < 1.29 is 4.79 Å². The molecule has 2 saturated carbocycles. The summed E-state index contributed by atoms with van der Waals surface area (Å²) < 4.78 is 0. The quantitative estimate of drug-likeness (QED) is 0.876. The minimum Gasteiger partial charge on any atom is -0.355 e. The Morgan fingerprint density at radius 3 is 2.56 bits per heavy atom. The van der Waals surface area contributed by atoms with Crippen molar-refractivity contribution in [2.45, 2.75) is 57.8 Å². The van der Waals surface area contributed by atoms with Crippen LogP contribution in [0.25, 0.3) is 0 Å². The maximum Gasteiger partial charge on any atom is 0.231 e. The van der Waals surface area contributed by atoms with E-state index in [1.54, 1.807) is 0 Å². The summed E-state index contributed by atoms with van der Waals surface area (Å²) in [6.07, 6.45) is 6.74. The standard InChI is InChI=1S/C21H27N3O/c1-15-18(16(2)24-23-15)10-13-22-19(25)21(17-8-4-3-5-9-17)14-20(21)11-6-7-12-20/h3-5,8-9H,6-7,10-14H2,1-2H3,(H,22,25)(H,23,24)/t21-/m0/s1. The summed E-state index contributed by atoms with van der Waals surface area (Å²) in [5.74, 6) is 0.222. The Bertz CT molecular complexity index is 754. The van der Waals surface area contributed by atoms with Crippen molar-refractivity contribution in [1.82, 2.24) is 15.5 Å². The zero-order valence-electron chi connectivity index (χ0n) is 15.2. The maximum atomic E-state index is 13.3. The fourth-order valence-electron chi connectivity index (χ4n) is 5.10. The van der Waals surface area contributed by atoms with Gasteiger partial charge in [-0.1, -0.05) is 43.2 Å². The zero-order valence-corrected chi connectivity index (χ0v) is 15.2. The van der Waals surface area contributed by atoms with Crippen molar-refractivity contribution in [1.29, 1.82) is 0 Å². The second kappa shape index (κ2) is 6.01. The van der Waals surface area contributed by atoms with Gasteiger partial charge in [0.1, 0.15) is 0 Å². The van der Waals surface area contributed by atoms with E-state index in [9.17, 15) is 4.79 Å². The lowest BCUT2D eigenvalue weighted by Gasteiger charge is -2.22. The first-order valence-corrected chi connectivity index (χ1v) is 9.43. The number of H-pyrrole nitrogens is 1. The van der Waals surface area contributed by atoms with Gasteiger partial charge in [-0.05, 0) is 56.1 Å². The van der Waals surface area contributed by atoms with Gasteiger partial charge < -0.3 is 5.32 Å². The average molecular weight is 337 g/mol. The molecule has 4 heteroatoms. The molecule has 2 N–H and O–H groups in total. The molecule has 1 aromatic heterocycles. The Morgan fingerprint density at radius 1 is 1.20 bits per heavy atom. The third kappa shape index (κ3) is 2.50. The summed E-state index contributed by atoms with van der Waals surface area (Å²) in [7, 11) is 0. The van der Waals surface area contributed by atoms with Gasteiger partial charge in [0.05, 0.1) is 11.1 Å². The number of carbonyl (C=O) groups excluding carboxylic acids is 1. The van der Waals surface area contributed by atoms with Crippen molar-refractivity contribution in [3.8, 4) is 0 Å². The Morgan fingerprint density at radius 2 is 1.92 bits per heavy atom. The largest absolute Gasteiger partial charge is 0.355 e. The number of aromatic nitrogens is 2. The molecule has 2 aliphatic rings. The van der Waals surface area contributed by atoms with Crippen molar-refractivity contribution in [3.63, 3.8) is 0 Å². The van der Waals surface area contributed by atoms with Crippen LogP contribution in [0.3, 0.4) is 0 Å². The molecule has 2 aromatic rings. The van der Waals surface area contributed by atoms with Crippen LogP contribution in [-0.4, -0.2) is 22.6 Å². The molecule has 1 heterocycles. The Balaban J connectivity index is 1.50. The minimum absolute atomic E-state index is 0.208. The highest BCUT2D eigenvalue weighted by molar-refractivity contribution is 5.93. The summed E-state index contributed by atoms with van der Waals surface area (Å²) >= 11 is 0. The lowest BCUT2D eigenvalue weighted by molar-refractivity contribution is -0.124. The first kappa shape index (κ1) is 16.4. The smallest absolute Gasteiger partial charge is 0.231 e. The summed E-state index contributed by atoms with van der Waals surface area (Å²) in [6, 6.07) is 10.4. The van der Waals surface area contributed by atoms with Crippen LogP contribution in [0.15, 0.2) is 30.3 Å². The second-order valence-corrected chi connectivity index (χ2v) is 7.85. The lowest BCUT2D eigenvalue weighted by atomic mass is 9.84. The molecule has 0 radical (unpaired) electrons. The Hall–Kier alpha value is -2.10. The SMILES string of the molecule is Cc1n[nH]c(C)c1CCNC(=O)[C@@]1(c2ccccc2)CC12CCCC2. The van der Waals surface area contributed by atoms with Gasteiger partial charge in [0.2, 0.25) is 5.91 Å². The predicted molar refractivity (Wildman–Crippen MR) is 98.4 cm³/mol. The number of aryl methyl sites for hydroxylation is 2. The predicted octanol–water partition coefficient (Wildman–Crippen LogP) is 3.59. The number of carbonyl (C=O) groups is 1. The van der Waals surface area contributed by atoms with Gasteiger partial charge in [0, 0.05) is 12.2 Å². The summed E-state index contributed by atoms with van der Waals surface area (Å²) in [5.41, 5.74) is 4.46. The number of hydrogen-bond acceptors (Lipinski definition) is 2. The van der Waals surface area contributed by atoms with E-state index in [2.05, 4.69) is 39.8 Å². The molecule has 0 saturated heterocycles. The van der Waals surface area contributed by atoms with E-state index in [-0.39, 0.29) is 16.7 Å². The Kier molecular flexibility index (Phi) is 3.94. The third-order valence-electron chi connectivity index (χ3n) is 6.54. The van der Waals surface area contributed by atoms with E-state index in [1.807, 2.05) is 19.9 Å². The van der Waals surface area contributed by atoms with Gasteiger partial charge in [0.15, 0.2) is 0 Å². The van der Waals surface area contributed by atoms with Crippen LogP contribution < -0.4 is 5.32 Å². The molecule has 2 fully saturated rings. The van der Waals surface area contributed by atoms with Crippen LogP contribution in [0, 0.1) is 19.3 Å². The van der Waals surface area contributed by atoms with E-state index >= 15 is 0 Å². The molecule has 25 heavy (non-hydrogen) atoms. The molecule has 4 nitrogen and oxygen atoms in total. The fraction of sp³-hybridized carbons (Fsp3) is 0.524. The van der Waals surface area contributed by atoms with Crippen LogP contribution in [0.1, 0.15) is 54.6 Å². The number of amides is 1. The average Bonchev–Trinajstić information content (AvgIpc) is 2.85. The highest BCUT2D eigenvalue weighted by atomic mass is 16.2. The van der Waals surface area contributed by atoms with Gasteiger partial charge in [-0.15, -0.1) is 0 Å². The van der Waals surface area contributed by atoms with Crippen molar-refractivity contribution in [2.24, 2.45) is 5.41 Å². The normalized spacial score (nSPS) is 23.8. The molecule has 2 aliphatic carbocycles. The highest BCUT2D eigenvalue weighted by Crippen LogP contribution is 2.72. The van der Waals surface area contributed by atoms with Crippen molar-refractivity contribution >= 4 is 5.91 Å². The van der Waals surface area contributed by atoms with Gasteiger partial charge in [-0.2, -0.15) is 5.10 Å². The van der Waals surface area contributed by atoms with Gasteiger partial charge in [-0.25, -0.2) is 0 Å². The van der Waals surface area contributed by atoms with Gasteiger partial charge >= 0.3 is 0 Å². The molecule has 0 unspecified atom stereocenters. The fourth-order valence-corrected chi connectivity index (χ4v) is 5.10. The third-order valence-corrected chi connectivity index (χ3v) is 6.54. The maximum absolute atomic E-state index is 13.3. The van der Waals surface area contributed by atoms with Crippen molar-refractivity contribution in [3.05, 3.63) is 52.8 Å². The van der Waals surface area contributed by atoms with Crippen LogP contribution in [0.2, 0.25) is 0 Å². The van der Waals surface area contributed by atoms with Crippen LogP contribution >= 0.6 is 0 Å². The first-order valence-electron chi connectivity index (χ1n) is 9.43. The van der Waals surface area contributed by atoms with Crippen LogP contribution in [-0.2, 0) is 16.6 Å². The van der Waals surface area contributed by atoms with Crippen molar-refractivity contribution in [2.75, 3.05) is 6.54 Å². The molecular formula is C21H27N3O. The van der Waals surface area contributed by atoms with E-state index in [4.69, 9.17) is 0 Å². The first-order chi connectivity index (χ1) is 12.1. The number of rotatable bonds is 5. The Labute approximate surface area is 149 Å². The van der Waals surface area contributed by atoms with E-state index < -0.39 is 0 Å². The molecule has 0 aliphatic heterocycles. The van der Waals surface area contributed by atoms with Crippen LogP contribution in [0.4, 0.5) is 0 Å². The van der Waals surface area contributed by atoms with Gasteiger partial charge in [0.25, 0.3) is 0 Å². The molecule has 132 valence electrons. The summed E-state index contributed by atoms with van der Waals surface area (Å²) in [6.45, 7) is 4.72. The number of hydrogen-bond donors (Lipinski definition) is 2. The molecule has 1 spiro atoms. The monoisotopic (exact) mass is 337 g/mol. The summed E-state index contributed by atoms with van der Waals surface area (Å²) in [5, 5.41) is 10.5. The topological polar surface area (TPSA) is 57.8 Å². The lowest BCUT2D eigenvalue weighted by Crippen LogP contribution is -2.39. The number of aromatic amines is 1. The molecule has 1 aromatic carbocycles. The molecule has 0 bridgehead atoms. The zero-order chi connectivity index (χ0) is 17.5. The highest BCUT2D eigenvalue weighted by Gasteiger charge is 2.72. The van der Waals surface area contributed by atoms with E-state index in [0.29, 0.717) is 6.54 Å². The minimum atomic E-state index is -0.300. The number of nitrogens with one attached hydrogen (secondary N) is 2. The molecular weight excluding hydrogens is 310 g/mol. The second-order valence-electron chi connectivity index (χ2n) is 7.85. The molecule has 4 rings (SSSR count). The van der Waals surface area contributed by atoms with Crippen LogP contribution in [0.5, 0.6) is 0 Å². The summed E-state index contributed by atoms with van der Waals surface area (Å²) in [4.78, 5) is 13.3. The van der Waals surface area contributed by atoms with E-state index in [0.717, 1.165) is 24.2 Å². The number of benzene rings is 1. The molecule has 1 atom stereocenters.